The summed E-state index contributed by atoms with van der Waals surface area (Å²) in [6.45, 7) is 2.48. The molecule has 0 saturated carbocycles. The van der Waals surface area contributed by atoms with Gasteiger partial charge in [0.25, 0.3) is 0 Å². The summed E-state index contributed by atoms with van der Waals surface area (Å²) in [4.78, 5) is 28.5. The summed E-state index contributed by atoms with van der Waals surface area (Å²) in [5.41, 5.74) is 2.03. The normalized spacial score (nSPS) is 18.2. The van der Waals surface area contributed by atoms with E-state index in [0.717, 1.165) is 35.7 Å². The number of piperazine rings is 1. The van der Waals surface area contributed by atoms with Crippen LogP contribution < -0.4 is 9.64 Å². The molecular formula is C38H36ClFN6O3. The first kappa shape index (κ1) is 32.6. The molecule has 0 N–H and O–H groups in total. The molecule has 9 nitrogen and oxygen atoms in total. The fourth-order valence-electron chi connectivity index (χ4n) is 6.89. The maximum Gasteiger partial charge on any atom is 0.410 e. The molecule has 2 atom stereocenters. The highest BCUT2D eigenvalue weighted by Gasteiger charge is 2.34. The predicted octanol–water partition coefficient (Wildman–Crippen LogP) is 7.46. The number of halogens is 2. The van der Waals surface area contributed by atoms with Crippen LogP contribution in [-0.2, 0) is 11.3 Å². The third-order valence-corrected chi connectivity index (χ3v) is 9.85. The lowest BCUT2D eigenvalue weighted by molar-refractivity contribution is 0.0768. The van der Waals surface area contributed by atoms with Crippen molar-refractivity contribution in [2.45, 2.75) is 38.0 Å². The minimum absolute atomic E-state index is 0.0799. The maximum atomic E-state index is 16.8. The number of carbonyl (C=O) groups excluding carboxylic acids is 1. The van der Waals surface area contributed by atoms with Crippen molar-refractivity contribution in [1.82, 2.24) is 19.8 Å². The van der Waals surface area contributed by atoms with E-state index in [-0.39, 0.29) is 30.6 Å². The van der Waals surface area contributed by atoms with E-state index in [2.05, 4.69) is 23.0 Å². The van der Waals surface area contributed by atoms with Crippen molar-refractivity contribution in [2.75, 3.05) is 44.7 Å². The van der Waals surface area contributed by atoms with Gasteiger partial charge < -0.3 is 24.2 Å². The Kier molecular flexibility index (Phi) is 9.47. The molecule has 2 saturated heterocycles. The Morgan fingerprint density at radius 3 is 2.57 bits per heavy atom. The zero-order valence-corrected chi connectivity index (χ0v) is 27.9. The van der Waals surface area contributed by atoms with Crippen molar-refractivity contribution in [3.8, 4) is 23.2 Å². The fourth-order valence-corrected chi connectivity index (χ4v) is 7.17. The van der Waals surface area contributed by atoms with E-state index >= 15 is 4.39 Å². The number of nitriles is 1. The van der Waals surface area contributed by atoms with E-state index in [1.54, 1.807) is 17.0 Å². The van der Waals surface area contributed by atoms with Gasteiger partial charge in [0.15, 0.2) is 5.82 Å². The van der Waals surface area contributed by atoms with E-state index in [1.165, 1.54) is 0 Å². The fraction of sp³-hybridized carbons (Fsp3) is 0.316. The molecule has 250 valence electrons. The molecule has 2 aliphatic rings. The molecule has 4 aromatic carbocycles. The third-order valence-electron chi connectivity index (χ3n) is 9.54. The zero-order valence-electron chi connectivity index (χ0n) is 27.2. The number of hydrogen-bond acceptors (Lipinski definition) is 8. The summed E-state index contributed by atoms with van der Waals surface area (Å²) in [5.74, 6) is -0.0190. The summed E-state index contributed by atoms with van der Waals surface area (Å²) in [6.07, 6.45) is 1.69. The van der Waals surface area contributed by atoms with Crippen LogP contribution in [0.25, 0.3) is 32.8 Å². The number of nitrogens with zero attached hydrogens (tertiary/aromatic N) is 6. The lowest BCUT2D eigenvalue weighted by atomic mass is 9.96. The van der Waals surface area contributed by atoms with E-state index < -0.39 is 18.0 Å². The second kappa shape index (κ2) is 14.2. The van der Waals surface area contributed by atoms with Gasteiger partial charge in [0.2, 0.25) is 0 Å². The first-order chi connectivity index (χ1) is 23.9. The number of fused-ring (bicyclic) bond motifs is 2. The molecule has 0 aliphatic carbocycles. The Balaban J connectivity index is 1.24. The zero-order chi connectivity index (χ0) is 33.9. The predicted molar refractivity (Wildman–Crippen MR) is 188 cm³/mol. The van der Waals surface area contributed by atoms with Crippen LogP contribution in [0.5, 0.6) is 6.01 Å². The molecule has 0 unspecified atom stereocenters. The molecule has 0 bridgehead atoms. The number of aromatic nitrogens is 2. The lowest BCUT2D eigenvalue weighted by Crippen LogP contribution is -2.55. The van der Waals surface area contributed by atoms with Crippen LogP contribution in [0.3, 0.4) is 0 Å². The first-order valence-electron chi connectivity index (χ1n) is 16.5. The Labute approximate surface area is 289 Å². The molecule has 2 aliphatic heterocycles. The molecular weight excluding hydrogens is 643 g/mol. The number of ether oxygens (including phenoxy) is 2. The van der Waals surface area contributed by atoms with Crippen LogP contribution >= 0.6 is 11.6 Å². The molecule has 0 radical (unpaired) electrons. The van der Waals surface area contributed by atoms with Crippen LogP contribution in [0.15, 0.2) is 78.9 Å². The second-order valence-electron chi connectivity index (χ2n) is 12.6. The Hall–Kier alpha value is -4.98. The van der Waals surface area contributed by atoms with Crippen molar-refractivity contribution in [3.05, 3.63) is 95.3 Å². The molecule has 0 spiro atoms. The number of anilines is 1. The van der Waals surface area contributed by atoms with Crippen LogP contribution in [0.4, 0.5) is 15.0 Å². The Bertz CT molecular complexity index is 2030. The minimum Gasteiger partial charge on any atom is -0.462 e. The van der Waals surface area contributed by atoms with Gasteiger partial charge >= 0.3 is 12.1 Å². The van der Waals surface area contributed by atoms with Crippen LogP contribution in [0.1, 0.15) is 24.8 Å². The van der Waals surface area contributed by atoms with Gasteiger partial charge in [-0.25, -0.2) is 9.18 Å². The topological polar surface area (TPSA) is 94.8 Å². The Morgan fingerprint density at radius 1 is 0.980 bits per heavy atom. The smallest absolute Gasteiger partial charge is 0.410 e. The average Bonchev–Trinajstić information content (AvgIpc) is 3.54. The van der Waals surface area contributed by atoms with Crippen molar-refractivity contribution < 1.29 is 18.7 Å². The van der Waals surface area contributed by atoms with Crippen molar-refractivity contribution in [1.29, 1.82) is 5.26 Å². The van der Waals surface area contributed by atoms with Crippen molar-refractivity contribution in [3.63, 3.8) is 0 Å². The van der Waals surface area contributed by atoms with Crippen LogP contribution in [0, 0.1) is 17.1 Å². The number of amides is 1. The van der Waals surface area contributed by atoms with Crippen molar-refractivity contribution >= 4 is 45.2 Å². The first-order valence-corrected chi connectivity index (χ1v) is 16.9. The summed E-state index contributed by atoms with van der Waals surface area (Å²) in [6, 6.07) is 26.4. The van der Waals surface area contributed by atoms with E-state index in [4.69, 9.17) is 26.1 Å². The highest BCUT2D eigenvalue weighted by atomic mass is 35.5. The number of likely N-dealkylation sites (N-methyl/N-ethyl adjacent to an activating group) is 1. The summed E-state index contributed by atoms with van der Waals surface area (Å²) < 4.78 is 28.6. The average molecular weight is 679 g/mol. The van der Waals surface area contributed by atoms with Gasteiger partial charge in [0.1, 0.15) is 24.5 Å². The SMILES string of the molecule is CN1CCC[C@H]1COc1nc(N2CCN(C(=O)OCc3ccccc3)[C@@H](CC#N)C2)c2ccc(-c3cccc4cccc(Cl)c34)c(F)c2n1. The monoisotopic (exact) mass is 678 g/mol. The number of hydrogen-bond donors (Lipinski definition) is 0. The molecule has 49 heavy (non-hydrogen) atoms. The van der Waals surface area contributed by atoms with Gasteiger partial charge in [0, 0.05) is 47.0 Å². The molecule has 5 aromatic rings. The molecule has 7 rings (SSSR count). The van der Waals surface area contributed by atoms with E-state index in [9.17, 15) is 10.1 Å². The molecule has 1 amide bonds. The van der Waals surface area contributed by atoms with Crippen LogP contribution in [0.2, 0.25) is 5.02 Å². The molecule has 11 heteroatoms. The van der Waals surface area contributed by atoms with Crippen LogP contribution in [-0.4, -0.2) is 77.8 Å². The highest BCUT2D eigenvalue weighted by molar-refractivity contribution is 6.36. The largest absolute Gasteiger partial charge is 0.462 e. The van der Waals surface area contributed by atoms with Gasteiger partial charge in [-0.2, -0.15) is 15.2 Å². The van der Waals surface area contributed by atoms with Crippen molar-refractivity contribution in [2.24, 2.45) is 0 Å². The maximum absolute atomic E-state index is 16.8. The summed E-state index contributed by atoms with van der Waals surface area (Å²) in [7, 11) is 2.06. The Morgan fingerprint density at radius 2 is 1.80 bits per heavy atom. The lowest BCUT2D eigenvalue weighted by Gasteiger charge is -2.40. The van der Waals surface area contributed by atoms with Gasteiger partial charge in [-0.15, -0.1) is 0 Å². The summed E-state index contributed by atoms with van der Waals surface area (Å²) >= 11 is 6.64. The van der Waals surface area contributed by atoms with E-state index in [0.29, 0.717) is 53.6 Å². The van der Waals surface area contributed by atoms with Gasteiger partial charge in [-0.1, -0.05) is 78.3 Å². The van der Waals surface area contributed by atoms with Gasteiger partial charge in [-0.3, -0.25) is 0 Å². The molecule has 3 heterocycles. The van der Waals surface area contributed by atoms with E-state index in [1.807, 2.05) is 71.6 Å². The summed E-state index contributed by atoms with van der Waals surface area (Å²) in [5, 5.41) is 12.4. The second-order valence-corrected chi connectivity index (χ2v) is 13.0. The standard InChI is InChI=1S/C38H36ClFN6O3/c1-44-19-7-12-28(44)24-48-37-42-35-31(16-15-30(34(35)40)29-13-5-10-26-11-6-14-32(39)33(26)29)36(43-37)45-20-21-46(27(22-45)17-18-41)38(47)49-23-25-8-3-2-4-9-25/h2-6,8-11,13-16,27-28H,7,12,17,19-24H2,1H3/t27-,28-/m0/s1. The molecule has 1 aromatic heterocycles. The van der Waals surface area contributed by atoms with Gasteiger partial charge in [0.05, 0.1) is 18.5 Å². The number of benzene rings is 4. The number of likely N-dealkylation sites (tertiary alicyclic amines) is 1. The molecule has 2 fully saturated rings. The van der Waals surface area contributed by atoms with Gasteiger partial charge in [-0.05, 0) is 55.1 Å². The minimum atomic E-state index is -0.506. The highest BCUT2D eigenvalue weighted by Crippen LogP contribution is 2.39. The quantitative estimate of drug-likeness (QED) is 0.167. The number of rotatable bonds is 8. The third kappa shape index (κ3) is 6.69. The number of carbonyl (C=O) groups is 1.